The second-order valence-electron chi connectivity index (χ2n) is 4.25. The first-order chi connectivity index (χ1) is 9.99. The van der Waals surface area contributed by atoms with Gasteiger partial charge >= 0.3 is 0 Å². The first-order valence-corrected chi connectivity index (χ1v) is 7.65. The van der Waals surface area contributed by atoms with Crippen LogP contribution in [0.15, 0.2) is 23.4 Å². The Labute approximate surface area is 142 Å². The van der Waals surface area contributed by atoms with Gasteiger partial charge in [-0.3, -0.25) is 4.79 Å². The van der Waals surface area contributed by atoms with Crippen LogP contribution in [0, 0.1) is 3.57 Å². The Kier molecular flexibility index (Phi) is 7.76. The quantitative estimate of drug-likeness (QED) is 0.230. The minimum Gasteiger partial charge on any atom is -0.409 e. The molecular formula is C13H17ClIN3O3. The fourth-order valence-corrected chi connectivity index (χ4v) is 2.39. The van der Waals surface area contributed by atoms with E-state index in [2.05, 4.69) is 27.7 Å². The summed E-state index contributed by atoms with van der Waals surface area (Å²) in [5.74, 6) is -0.0873. The first-order valence-electron chi connectivity index (χ1n) is 6.19. The molecule has 1 rings (SSSR count). The summed E-state index contributed by atoms with van der Waals surface area (Å²) in [5, 5.41) is 12.0. The molecule has 116 valence electrons. The zero-order chi connectivity index (χ0) is 15.8. The standard InChI is InChI=1S/C13H17ClIN3O3/c1-21-7-6-18(5-4-12(16)17-20)13(19)10-8-9(14)2-3-11(10)15/h2-3,8,20H,4-7H2,1H3,(H2,16,17). The minimum atomic E-state index is -0.162. The highest BCUT2D eigenvalue weighted by atomic mass is 127. The lowest BCUT2D eigenvalue weighted by Crippen LogP contribution is -2.37. The fourth-order valence-electron chi connectivity index (χ4n) is 1.65. The number of hydrogen-bond acceptors (Lipinski definition) is 4. The minimum absolute atomic E-state index is 0.0750. The van der Waals surface area contributed by atoms with Crippen molar-refractivity contribution in [3.05, 3.63) is 32.4 Å². The molecule has 0 fully saturated rings. The van der Waals surface area contributed by atoms with Gasteiger partial charge < -0.3 is 20.6 Å². The average molecular weight is 426 g/mol. The van der Waals surface area contributed by atoms with Gasteiger partial charge in [0.05, 0.1) is 12.2 Å². The summed E-state index contributed by atoms with van der Waals surface area (Å²) in [5.41, 5.74) is 5.98. The number of hydrogen-bond donors (Lipinski definition) is 2. The zero-order valence-electron chi connectivity index (χ0n) is 11.6. The van der Waals surface area contributed by atoms with Gasteiger partial charge in [-0.2, -0.15) is 0 Å². The van der Waals surface area contributed by atoms with E-state index in [1.807, 2.05) is 0 Å². The van der Waals surface area contributed by atoms with Crippen molar-refractivity contribution >= 4 is 45.9 Å². The number of methoxy groups -OCH3 is 1. The summed E-state index contributed by atoms with van der Waals surface area (Å²) in [7, 11) is 1.56. The third kappa shape index (κ3) is 5.68. The molecule has 6 nitrogen and oxygen atoms in total. The third-order valence-corrected chi connectivity index (χ3v) is 3.95. The lowest BCUT2D eigenvalue weighted by atomic mass is 10.2. The van der Waals surface area contributed by atoms with Crippen molar-refractivity contribution in [1.82, 2.24) is 4.90 Å². The predicted molar refractivity (Wildman–Crippen MR) is 90.0 cm³/mol. The summed E-state index contributed by atoms with van der Waals surface area (Å²) >= 11 is 8.04. The van der Waals surface area contributed by atoms with Gasteiger partial charge in [0.1, 0.15) is 5.84 Å². The summed E-state index contributed by atoms with van der Waals surface area (Å²) in [6.07, 6.45) is 0.281. The molecule has 1 amide bonds. The molecule has 0 aliphatic heterocycles. The largest absolute Gasteiger partial charge is 0.409 e. The number of nitrogens with two attached hydrogens (primary N) is 1. The predicted octanol–water partition coefficient (Wildman–Crippen LogP) is 2.17. The smallest absolute Gasteiger partial charge is 0.255 e. The number of nitrogens with zero attached hydrogens (tertiary/aromatic N) is 2. The van der Waals surface area contributed by atoms with Crippen LogP contribution in [0.1, 0.15) is 16.8 Å². The SMILES string of the molecule is COCCN(CC/C(N)=N/O)C(=O)c1cc(Cl)ccc1I. The highest BCUT2D eigenvalue weighted by molar-refractivity contribution is 14.1. The van der Waals surface area contributed by atoms with E-state index in [9.17, 15) is 4.79 Å². The van der Waals surface area contributed by atoms with E-state index in [0.717, 1.165) is 3.57 Å². The van der Waals surface area contributed by atoms with Gasteiger partial charge in [-0.05, 0) is 40.8 Å². The van der Waals surface area contributed by atoms with Crippen LogP contribution >= 0.6 is 34.2 Å². The Bertz CT molecular complexity index is 525. The van der Waals surface area contributed by atoms with Crippen molar-refractivity contribution in [2.24, 2.45) is 10.9 Å². The third-order valence-electron chi connectivity index (χ3n) is 2.78. The maximum absolute atomic E-state index is 12.6. The molecule has 0 unspecified atom stereocenters. The van der Waals surface area contributed by atoms with Crippen molar-refractivity contribution in [1.29, 1.82) is 0 Å². The van der Waals surface area contributed by atoms with Gasteiger partial charge in [0.25, 0.3) is 5.91 Å². The number of ether oxygens (including phenoxy) is 1. The van der Waals surface area contributed by atoms with Gasteiger partial charge in [-0.25, -0.2) is 0 Å². The van der Waals surface area contributed by atoms with Crippen molar-refractivity contribution in [3.63, 3.8) is 0 Å². The van der Waals surface area contributed by atoms with Crippen LogP contribution in [0.25, 0.3) is 0 Å². The molecule has 8 heteroatoms. The van der Waals surface area contributed by atoms with Crippen molar-refractivity contribution < 1.29 is 14.7 Å². The van der Waals surface area contributed by atoms with E-state index >= 15 is 0 Å². The number of amides is 1. The number of carbonyl (C=O) groups excluding carboxylic acids is 1. The van der Waals surface area contributed by atoms with Crippen LogP contribution in [0.4, 0.5) is 0 Å². The van der Waals surface area contributed by atoms with Crippen LogP contribution in [0.5, 0.6) is 0 Å². The molecule has 3 N–H and O–H groups in total. The van der Waals surface area contributed by atoms with E-state index < -0.39 is 0 Å². The molecule has 0 bridgehead atoms. The molecule has 0 saturated carbocycles. The first kappa shape index (κ1) is 18.0. The molecule has 0 atom stereocenters. The Balaban J connectivity index is 2.90. The molecule has 0 heterocycles. The van der Waals surface area contributed by atoms with Crippen molar-refractivity contribution in [2.75, 3.05) is 26.8 Å². The Morgan fingerprint density at radius 2 is 2.24 bits per heavy atom. The number of halogens is 2. The number of rotatable bonds is 7. The average Bonchev–Trinajstić information content (AvgIpc) is 2.48. The molecule has 0 saturated heterocycles. The lowest BCUT2D eigenvalue weighted by Gasteiger charge is -2.23. The van der Waals surface area contributed by atoms with Crippen LogP contribution in [0.3, 0.4) is 0 Å². The second-order valence-corrected chi connectivity index (χ2v) is 5.85. The summed E-state index contributed by atoms with van der Waals surface area (Å²) in [6.45, 7) is 1.15. The van der Waals surface area contributed by atoms with Gasteiger partial charge in [-0.1, -0.05) is 16.8 Å². The normalized spacial score (nSPS) is 11.5. The maximum Gasteiger partial charge on any atom is 0.255 e. The number of benzene rings is 1. The number of oxime groups is 1. The maximum atomic E-state index is 12.6. The van der Waals surface area contributed by atoms with Gasteiger partial charge in [0, 0.05) is 35.2 Å². The Hall–Kier alpha value is -1.06. The Morgan fingerprint density at radius 1 is 1.52 bits per heavy atom. The summed E-state index contributed by atoms with van der Waals surface area (Å²) in [4.78, 5) is 14.2. The zero-order valence-corrected chi connectivity index (χ0v) is 14.5. The fraction of sp³-hybridized carbons (Fsp3) is 0.385. The van der Waals surface area contributed by atoms with Gasteiger partial charge in [0.2, 0.25) is 0 Å². The van der Waals surface area contributed by atoms with Crippen molar-refractivity contribution in [3.8, 4) is 0 Å². The number of carbonyl (C=O) groups is 1. The van der Waals surface area contributed by atoms with E-state index in [-0.39, 0.29) is 18.2 Å². The van der Waals surface area contributed by atoms with Crippen LogP contribution < -0.4 is 5.73 Å². The van der Waals surface area contributed by atoms with Crippen LogP contribution in [0.2, 0.25) is 5.02 Å². The van der Waals surface area contributed by atoms with Crippen LogP contribution in [-0.4, -0.2) is 48.7 Å². The second kappa shape index (κ2) is 9.06. The monoisotopic (exact) mass is 425 g/mol. The molecule has 0 aromatic heterocycles. The molecule has 1 aromatic carbocycles. The topological polar surface area (TPSA) is 88.2 Å². The Morgan fingerprint density at radius 3 is 2.86 bits per heavy atom. The summed E-state index contributed by atoms with van der Waals surface area (Å²) in [6, 6.07) is 5.15. The van der Waals surface area contributed by atoms with Gasteiger partial charge in [0.15, 0.2) is 0 Å². The molecule has 0 spiro atoms. The van der Waals surface area contributed by atoms with Crippen LogP contribution in [-0.2, 0) is 4.74 Å². The van der Waals surface area contributed by atoms with Crippen molar-refractivity contribution in [2.45, 2.75) is 6.42 Å². The van der Waals surface area contributed by atoms with E-state index in [1.54, 1.807) is 30.2 Å². The molecular weight excluding hydrogens is 409 g/mol. The molecule has 21 heavy (non-hydrogen) atoms. The summed E-state index contributed by atoms with van der Waals surface area (Å²) < 4.78 is 5.83. The highest BCUT2D eigenvalue weighted by Gasteiger charge is 2.18. The van der Waals surface area contributed by atoms with Gasteiger partial charge in [-0.15, -0.1) is 0 Å². The van der Waals surface area contributed by atoms with E-state index in [1.165, 1.54) is 0 Å². The molecule has 0 radical (unpaired) electrons. The van der Waals surface area contributed by atoms with E-state index in [4.69, 9.17) is 27.3 Å². The van der Waals surface area contributed by atoms with E-state index in [0.29, 0.717) is 30.3 Å². The highest BCUT2D eigenvalue weighted by Crippen LogP contribution is 2.19. The molecule has 0 aliphatic rings. The number of amidine groups is 1. The molecule has 1 aromatic rings. The lowest BCUT2D eigenvalue weighted by molar-refractivity contribution is 0.0699. The molecule has 0 aliphatic carbocycles.